The zero-order chi connectivity index (χ0) is 74.4. The van der Waals surface area contributed by atoms with E-state index >= 15 is 0 Å². The minimum atomic E-state index is -1.75. The number of carbonyl (C=O) groups is 6. The number of ether oxygens (including phenoxy) is 12. The second-order valence-electron chi connectivity index (χ2n) is 41.1. The molecule has 24 fully saturated rings. The van der Waals surface area contributed by atoms with Crippen molar-refractivity contribution < 1.29 is 85.6 Å². The Bertz CT molecular complexity index is 3360. The van der Waals surface area contributed by atoms with Crippen molar-refractivity contribution in [2.45, 2.75) is 268 Å². The van der Waals surface area contributed by atoms with Gasteiger partial charge in [-0.05, 0) is 12.8 Å². The summed E-state index contributed by atoms with van der Waals surface area (Å²) in [6.07, 6.45) is 32.5. The molecule has 2 aromatic rings. The zero-order valence-electron chi connectivity index (χ0n) is 65.4. The van der Waals surface area contributed by atoms with Crippen molar-refractivity contribution in [3.8, 4) is 34.5 Å². The van der Waals surface area contributed by atoms with Crippen molar-refractivity contribution in [2.24, 2.45) is 142 Å². The van der Waals surface area contributed by atoms with Gasteiger partial charge >= 0.3 is 645 Å². The summed E-state index contributed by atoms with van der Waals surface area (Å²) in [5, 5.41) is 0. The van der Waals surface area contributed by atoms with Crippen LogP contribution in [-0.4, -0.2) is 130 Å². The SMILES string of the molecule is CC1(OC(=O)COc2cc([Te]c3cc(OCC(=O)OC4(C)C5CC6CC(C5)CC4C6)c(OCC(=O)OC4(C)C5CC6CC(C5)CC4C6)c(OCC(=O)OC4(C)C5CC6CC(C5)CC4C6)c3)cc(OCC(=O)OC3(C)C4CC5CC(C4)CC3C5)c2OCC(=O)OC2(C)C3CC4CC(C3)CC2C4)C2CC3CC(C2)CC1C3. The summed E-state index contributed by atoms with van der Waals surface area (Å²) in [7, 11) is 0. The summed E-state index contributed by atoms with van der Waals surface area (Å²) < 4.78 is 81.6. The zero-order valence-corrected chi connectivity index (χ0v) is 67.7. The first-order valence-electron chi connectivity index (χ1n) is 43.4. The number of hydrogen-bond acceptors (Lipinski definition) is 18. The van der Waals surface area contributed by atoms with Crippen molar-refractivity contribution in [3.63, 3.8) is 0 Å². The van der Waals surface area contributed by atoms with Crippen LogP contribution in [0.1, 0.15) is 234 Å². The maximum absolute atomic E-state index is 14.7. The van der Waals surface area contributed by atoms with Gasteiger partial charge in [-0.25, -0.2) is 0 Å². The monoisotopic (exact) mass is 1620 g/mol. The Labute approximate surface area is 653 Å². The van der Waals surface area contributed by atoms with E-state index in [1.807, 2.05) is 0 Å². The average molecular weight is 1620 g/mol. The van der Waals surface area contributed by atoms with Gasteiger partial charge in [0.1, 0.15) is 0 Å². The predicted octanol–water partition coefficient (Wildman–Crippen LogP) is 14.2. The molecule has 26 rings (SSSR count). The van der Waals surface area contributed by atoms with Gasteiger partial charge < -0.3 is 0 Å². The van der Waals surface area contributed by atoms with Crippen molar-refractivity contribution in [1.82, 2.24) is 0 Å². The van der Waals surface area contributed by atoms with Crippen LogP contribution in [0, 0.1) is 142 Å². The van der Waals surface area contributed by atoms with E-state index < -0.39 is 130 Å². The molecule has 0 aliphatic heterocycles. The summed E-state index contributed by atoms with van der Waals surface area (Å²) in [5.74, 6) is 8.38. The van der Waals surface area contributed by atoms with E-state index in [4.69, 9.17) is 56.8 Å². The number of esters is 6. The Balaban J connectivity index is 0.644. The minimum absolute atomic E-state index is 0.0227. The Morgan fingerprint density at radius 3 is 0.523 bits per heavy atom. The molecule has 19 heteroatoms. The molecule has 24 bridgehead atoms. The standard InChI is InChI=1S/C90H118O18Te/c1-85(59-13-47-7-48(15-59)16-60(85)14-47)103-77(91)41-97-73-37-71(38-74(98-42-78(92)104-86(2)61-17-49-8-50(19-61)20-62(86)18-49)83(73)101-45-81(95)107-89(5)67-29-55-11-56(31-67)32-68(89)30-55)109-72-39-75(99-43-79(93)105-87(3)63-21-51-9-52(23-63)24-64(87)22-51)84(102-46-82(96)108-90(6)69-33-57-12-58(35-69)36-70(90)34-57)76(40-72)100-44-80(94)106-88(4)65-25-53-10-54(27-65)28-66(88)26-53/h37-40,47-70H,7-36,41-46H2,1-6H3. The van der Waals surface area contributed by atoms with Crippen LogP contribution >= 0.6 is 0 Å². The molecular formula is C90H118O18Te. The molecule has 2 aromatic carbocycles. The van der Waals surface area contributed by atoms with E-state index in [2.05, 4.69) is 41.5 Å². The molecule has 0 saturated heterocycles. The van der Waals surface area contributed by atoms with Crippen molar-refractivity contribution in [3.05, 3.63) is 24.3 Å². The molecule has 24 aliphatic rings. The third-order valence-corrected chi connectivity index (χ3v) is 37.5. The summed E-state index contributed by atoms with van der Waals surface area (Å²) in [6.45, 7) is 9.74. The molecule has 0 atom stereocenters. The Morgan fingerprint density at radius 2 is 0.376 bits per heavy atom. The molecular weight excluding hydrogens is 1500 g/mol. The summed E-state index contributed by atoms with van der Waals surface area (Å²) >= 11 is -1.75. The van der Waals surface area contributed by atoms with Crippen LogP contribution in [0.2, 0.25) is 0 Å². The number of carbonyl (C=O) groups excluding carboxylic acids is 6. The second kappa shape index (κ2) is 27.3. The van der Waals surface area contributed by atoms with Crippen LogP contribution in [-0.2, 0) is 57.2 Å². The first-order valence-corrected chi connectivity index (χ1v) is 45.8. The molecule has 0 radical (unpaired) electrons. The molecule has 18 nitrogen and oxygen atoms in total. The molecule has 109 heavy (non-hydrogen) atoms. The molecule has 0 spiro atoms. The van der Waals surface area contributed by atoms with E-state index in [0.717, 1.165) is 154 Å². The number of hydrogen-bond donors (Lipinski definition) is 0. The molecule has 592 valence electrons. The normalized spacial score (nSPS) is 45.5. The van der Waals surface area contributed by atoms with Gasteiger partial charge in [-0.15, -0.1) is 0 Å². The van der Waals surface area contributed by atoms with Crippen molar-refractivity contribution >= 4 is 64.0 Å². The van der Waals surface area contributed by atoms with Gasteiger partial charge in [0.15, 0.2) is 0 Å². The van der Waals surface area contributed by atoms with Crippen LogP contribution in [0.25, 0.3) is 0 Å². The molecule has 0 N–H and O–H groups in total. The first kappa shape index (κ1) is 72.8. The van der Waals surface area contributed by atoms with Crippen LogP contribution in [0.15, 0.2) is 24.3 Å². The fraction of sp³-hybridized carbons (Fsp3) is 0.800. The summed E-state index contributed by atoms with van der Waals surface area (Å²) in [6, 6.07) is 7.22. The molecule has 0 unspecified atom stereocenters. The van der Waals surface area contributed by atoms with Crippen molar-refractivity contribution in [1.29, 1.82) is 0 Å². The maximum atomic E-state index is 14.7. The average Bonchev–Trinajstić information content (AvgIpc) is 0.760. The van der Waals surface area contributed by atoms with E-state index in [1.54, 1.807) is 24.3 Å². The van der Waals surface area contributed by atoms with Gasteiger partial charge in [-0.3, -0.25) is 0 Å². The van der Waals surface area contributed by atoms with E-state index in [1.165, 1.54) is 38.5 Å². The Hall–Kier alpha value is -5.15. The third-order valence-electron chi connectivity index (χ3n) is 34.8. The third kappa shape index (κ3) is 13.1. The fourth-order valence-corrected chi connectivity index (χ4v) is 32.9. The van der Waals surface area contributed by atoms with E-state index in [9.17, 15) is 28.8 Å². The number of rotatable bonds is 26. The van der Waals surface area contributed by atoms with Gasteiger partial charge in [0.05, 0.1) is 0 Å². The molecule has 24 aliphatic carbocycles. The first-order chi connectivity index (χ1) is 52.3. The van der Waals surface area contributed by atoms with Gasteiger partial charge in [0.25, 0.3) is 0 Å². The molecule has 0 heterocycles. The Morgan fingerprint density at radius 1 is 0.239 bits per heavy atom. The Kier molecular flexibility index (Phi) is 18.2. The fourth-order valence-electron chi connectivity index (χ4n) is 30.3. The summed E-state index contributed by atoms with van der Waals surface area (Å²) in [5.41, 5.74) is -3.84. The molecule has 24 saturated carbocycles. The predicted molar refractivity (Wildman–Crippen MR) is 400 cm³/mol. The van der Waals surface area contributed by atoms with Crippen LogP contribution < -0.4 is 35.6 Å². The van der Waals surface area contributed by atoms with Crippen LogP contribution in [0.3, 0.4) is 0 Å². The number of benzene rings is 2. The molecule has 0 aromatic heterocycles. The van der Waals surface area contributed by atoms with Gasteiger partial charge in [0, 0.05) is 0 Å². The van der Waals surface area contributed by atoms with Crippen LogP contribution in [0.4, 0.5) is 0 Å². The molecule has 0 amide bonds. The topological polar surface area (TPSA) is 213 Å². The van der Waals surface area contributed by atoms with Gasteiger partial charge in [-0.1, -0.05) is 0 Å². The quantitative estimate of drug-likeness (QED) is 0.0486. The van der Waals surface area contributed by atoms with Crippen molar-refractivity contribution in [2.75, 3.05) is 39.6 Å². The van der Waals surface area contributed by atoms with Gasteiger partial charge in [0.2, 0.25) is 0 Å². The van der Waals surface area contributed by atoms with E-state index in [0.29, 0.717) is 78.2 Å². The van der Waals surface area contributed by atoms with E-state index in [-0.39, 0.29) is 106 Å². The van der Waals surface area contributed by atoms with Gasteiger partial charge in [-0.2, -0.15) is 0 Å². The van der Waals surface area contributed by atoms with Crippen LogP contribution in [0.5, 0.6) is 34.5 Å². The summed E-state index contributed by atoms with van der Waals surface area (Å²) in [4.78, 5) is 87.9. The second-order valence-corrected chi connectivity index (χ2v) is 44.4.